The Balaban J connectivity index is 2.04. The van der Waals surface area contributed by atoms with Crippen molar-refractivity contribution in [3.63, 3.8) is 0 Å². The number of hydrogen-bond acceptors (Lipinski definition) is 5. The van der Waals surface area contributed by atoms with Crippen molar-refractivity contribution < 1.29 is 9.53 Å². The van der Waals surface area contributed by atoms with E-state index in [1.807, 2.05) is 0 Å². The lowest BCUT2D eigenvalue weighted by Crippen LogP contribution is -2.21. The second kappa shape index (κ2) is 4.61. The zero-order valence-corrected chi connectivity index (χ0v) is 9.24. The molecule has 0 aliphatic heterocycles. The number of carbonyl (C=O) groups excluding carboxylic acids is 1. The molecule has 0 spiro atoms. The molecule has 4 nitrogen and oxygen atoms in total. The summed E-state index contributed by atoms with van der Waals surface area (Å²) in [5, 5.41) is 0.659. The van der Waals surface area contributed by atoms with Crippen molar-refractivity contribution in [3.8, 4) is 0 Å². The summed E-state index contributed by atoms with van der Waals surface area (Å²) in [5.74, 6) is 0.289. The highest BCUT2D eigenvalue weighted by Crippen LogP contribution is 2.41. The molecular weight excluding hydrogens is 212 g/mol. The van der Waals surface area contributed by atoms with Gasteiger partial charge in [0.25, 0.3) is 0 Å². The van der Waals surface area contributed by atoms with E-state index < -0.39 is 0 Å². The van der Waals surface area contributed by atoms with Crippen molar-refractivity contribution in [2.24, 2.45) is 5.92 Å². The van der Waals surface area contributed by atoms with Crippen molar-refractivity contribution in [1.82, 2.24) is 9.97 Å². The molecule has 1 heterocycles. The van der Waals surface area contributed by atoms with Gasteiger partial charge in [-0.25, -0.2) is 4.98 Å². The van der Waals surface area contributed by atoms with Crippen LogP contribution >= 0.6 is 11.8 Å². The second-order valence-corrected chi connectivity index (χ2v) is 4.60. The van der Waals surface area contributed by atoms with Crippen LogP contribution in [0.4, 0.5) is 0 Å². The molecule has 0 bridgehead atoms. The maximum atomic E-state index is 11.5. The summed E-state index contributed by atoms with van der Waals surface area (Å²) in [5.41, 5.74) is 0. The van der Waals surface area contributed by atoms with Gasteiger partial charge >= 0.3 is 5.97 Å². The number of methoxy groups -OCH3 is 1. The molecule has 15 heavy (non-hydrogen) atoms. The van der Waals surface area contributed by atoms with Crippen LogP contribution in [0.5, 0.6) is 0 Å². The Hall–Kier alpha value is -1.10. The summed E-state index contributed by atoms with van der Waals surface area (Å²) in [6.45, 7) is 0. The van der Waals surface area contributed by atoms with Crippen molar-refractivity contribution in [2.45, 2.75) is 23.1 Å². The Morgan fingerprint density at radius 1 is 1.60 bits per heavy atom. The molecule has 1 aliphatic carbocycles. The topological polar surface area (TPSA) is 52.1 Å². The molecule has 0 amide bonds. The summed E-state index contributed by atoms with van der Waals surface area (Å²) < 4.78 is 4.78. The first-order chi connectivity index (χ1) is 7.31. The van der Waals surface area contributed by atoms with E-state index in [0.29, 0.717) is 5.92 Å². The number of rotatable bonds is 4. The van der Waals surface area contributed by atoms with Gasteiger partial charge in [0.1, 0.15) is 10.3 Å². The maximum Gasteiger partial charge on any atom is 0.319 e. The summed E-state index contributed by atoms with van der Waals surface area (Å²) in [6, 6.07) is 0. The van der Waals surface area contributed by atoms with Crippen LogP contribution in [0.1, 0.15) is 12.8 Å². The standard InChI is InChI=1S/C10H12N2O2S/c1-14-10(13)9(7-2-3-7)15-8-6-11-4-5-12-8/h4-7,9H,2-3H2,1H3. The normalized spacial score (nSPS) is 17.1. The van der Waals surface area contributed by atoms with Gasteiger partial charge in [-0.15, -0.1) is 0 Å². The summed E-state index contributed by atoms with van der Waals surface area (Å²) in [6.07, 6.45) is 7.13. The molecule has 1 aliphatic rings. The highest BCUT2D eigenvalue weighted by molar-refractivity contribution is 8.00. The minimum Gasteiger partial charge on any atom is -0.468 e. The third-order valence-corrected chi connectivity index (χ3v) is 3.55. The van der Waals surface area contributed by atoms with E-state index in [1.54, 1.807) is 18.6 Å². The number of nitrogens with zero attached hydrogens (tertiary/aromatic N) is 2. The van der Waals surface area contributed by atoms with Gasteiger partial charge in [-0.05, 0) is 18.8 Å². The van der Waals surface area contributed by atoms with Crippen molar-refractivity contribution in [2.75, 3.05) is 7.11 Å². The number of aromatic nitrogens is 2. The van der Waals surface area contributed by atoms with Crippen LogP contribution in [-0.2, 0) is 9.53 Å². The highest BCUT2D eigenvalue weighted by Gasteiger charge is 2.38. The Morgan fingerprint density at radius 2 is 2.40 bits per heavy atom. The van der Waals surface area contributed by atoms with Gasteiger partial charge in [0.05, 0.1) is 13.3 Å². The van der Waals surface area contributed by atoms with E-state index in [4.69, 9.17) is 4.74 Å². The van der Waals surface area contributed by atoms with Gasteiger partial charge in [-0.1, -0.05) is 11.8 Å². The average Bonchev–Trinajstić information content (AvgIpc) is 3.10. The van der Waals surface area contributed by atoms with E-state index in [2.05, 4.69) is 9.97 Å². The fourth-order valence-corrected chi connectivity index (χ4v) is 2.49. The van der Waals surface area contributed by atoms with Crippen molar-refractivity contribution in [3.05, 3.63) is 18.6 Å². The molecule has 1 atom stereocenters. The maximum absolute atomic E-state index is 11.5. The quantitative estimate of drug-likeness (QED) is 0.573. The molecule has 1 saturated carbocycles. The predicted octanol–water partition coefficient (Wildman–Crippen LogP) is 1.52. The number of hydrogen-bond donors (Lipinski definition) is 0. The lowest BCUT2D eigenvalue weighted by molar-refractivity contribution is -0.140. The molecule has 1 aromatic rings. The van der Waals surface area contributed by atoms with Gasteiger partial charge in [-0.3, -0.25) is 9.78 Å². The lowest BCUT2D eigenvalue weighted by Gasteiger charge is -2.11. The van der Waals surface area contributed by atoms with Crippen LogP contribution in [0.3, 0.4) is 0 Å². The smallest absolute Gasteiger partial charge is 0.319 e. The zero-order chi connectivity index (χ0) is 10.7. The molecular formula is C10H12N2O2S. The Morgan fingerprint density at radius 3 is 2.93 bits per heavy atom. The van der Waals surface area contributed by atoms with Crippen molar-refractivity contribution in [1.29, 1.82) is 0 Å². The summed E-state index contributed by atoms with van der Waals surface area (Å²) >= 11 is 1.44. The fourth-order valence-electron chi connectivity index (χ4n) is 1.33. The Bertz CT molecular complexity index is 341. The van der Waals surface area contributed by atoms with Gasteiger partial charge in [0.15, 0.2) is 0 Å². The zero-order valence-electron chi connectivity index (χ0n) is 8.42. The van der Waals surface area contributed by atoms with Crippen LogP contribution in [0, 0.1) is 5.92 Å². The molecule has 2 rings (SSSR count). The van der Waals surface area contributed by atoms with E-state index >= 15 is 0 Å². The molecule has 0 aromatic carbocycles. The van der Waals surface area contributed by atoms with Gasteiger partial charge in [0, 0.05) is 12.4 Å². The minimum atomic E-state index is -0.159. The summed E-state index contributed by atoms with van der Waals surface area (Å²) in [4.78, 5) is 19.6. The number of ether oxygens (including phenoxy) is 1. The first-order valence-electron chi connectivity index (χ1n) is 4.82. The second-order valence-electron chi connectivity index (χ2n) is 3.44. The number of carbonyl (C=O) groups is 1. The van der Waals surface area contributed by atoms with Crippen LogP contribution < -0.4 is 0 Å². The van der Waals surface area contributed by atoms with Gasteiger partial charge in [-0.2, -0.15) is 0 Å². The Kier molecular flexibility index (Phi) is 3.20. The average molecular weight is 224 g/mol. The van der Waals surface area contributed by atoms with Gasteiger partial charge < -0.3 is 4.74 Å². The third-order valence-electron chi connectivity index (χ3n) is 2.27. The van der Waals surface area contributed by atoms with Crippen molar-refractivity contribution >= 4 is 17.7 Å². The van der Waals surface area contributed by atoms with Crippen LogP contribution in [0.2, 0.25) is 0 Å². The van der Waals surface area contributed by atoms with E-state index in [-0.39, 0.29) is 11.2 Å². The van der Waals surface area contributed by atoms with Gasteiger partial charge in [0.2, 0.25) is 0 Å². The third kappa shape index (κ3) is 2.68. The first-order valence-corrected chi connectivity index (χ1v) is 5.69. The highest BCUT2D eigenvalue weighted by atomic mass is 32.2. The van der Waals surface area contributed by atoms with E-state index in [1.165, 1.54) is 18.9 Å². The Labute approximate surface area is 92.5 Å². The summed E-state index contributed by atoms with van der Waals surface area (Å²) in [7, 11) is 1.43. The van der Waals surface area contributed by atoms with E-state index in [9.17, 15) is 4.79 Å². The predicted molar refractivity (Wildman–Crippen MR) is 56.4 cm³/mol. The SMILES string of the molecule is COC(=O)C(Sc1cnccn1)C1CC1. The molecule has 0 N–H and O–H groups in total. The molecule has 80 valence electrons. The molecule has 1 unspecified atom stereocenters. The molecule has 0 saturated heterocycles. The van der Waals surface area contributed by atoms with Crippen LogP contribution in [0.25, 0.3) is 0 Å². The lowest BCUT2D eigenvalue weighted by atomic mass is 10.3. The molecule has 1 aromatic heterocycles. The fraction of sp³-hybridized carbons (Fsp3) is 0.500. The number of thioether (sulfide) groups is 1. The molecule has 0 radical (unpaired) electrons. The van der Waals surface area contributed by atoms with Crippen LogP contribution in [0.15, 0.2) is 23.6 Å². The molecule has 1 fully saturated rings. The molecule has 5 heteroatoms. The first kappa shape index (κ1) is 10.4. The monoisotopic (exact) mass is 224 g/mol. The van der Waals surface area contributed by atoms with E-state index in [0.717, 1.165) is 17.9 Å². The minimum absolute atomic E-state index is 0.119. The van der Waals surface area contributed by atoms with Crippen LogP contribution in [-0.4, -0.2) is 28.3 Å². The number of esters is 1. The largest absolute Gasteiger partial charge is 0.468 e.